The smallest absolute Gasteiger partial charge is 0.260 e. The first-order chi connectivity index (χ1) is 33.2. The van der Waals surface area contributed by atoms with Gasteiger partial charge >= 0.3 is 0 Å². The Morgan fingerprint density at radius 3 is 1.84 bits per heavy atom. The van der Waals surface area contributed by atoms with E-state index >= 15 is 0 Å². The van der Waals surface area contributed by atoms with E-state index in [1.807, 2.05) is 111 Å². The van der Waals surface area contributed by atoms with E-state index in [4.69, 9.17) is 28.9 Å². The molecule has 4 aliphatic rings. The van der Waals surface area contributed by atoms with Gasteiger partial charge in [-0.15, -0.1) is 0 Å². The van der Waals surface area contributed by atoms with Crippen LogP contribution in [-0.2, 0) is 14.4 Å². The molecule has 16 heteroatoms. The van der Waals surface area contributed by atoms with Crippen molar-refractivity contribution < 1.29 is 42.9 Å². The number of fused-ring (bicyclic) bond motifs is 4. The highest BCUT2D eigenvalue weighted by Gasteiger charge is 2.35. The van der Waals surface area contributed by atoms with E-state index in [0.29, 0.717) is 77.9 Å². The van der Waals surface area contributed by atoms with E-state index in [1.54, 1.807) is 54.3 Å². The Kier molecular flexibility index (Phi) is 15.0. The van der Waals surface area contributed by atoms with Crippen molar-refractivity contribution in [3.63, 3.8) is 0 Å². The molecule has 4 heterocycles. The molecule has 0 saturated heterocycles. The van der Waals surface area contributed by atoms with Gasteiger partial charge in [0.15, 0.2) is 17.3 Å². The Balaban J connectivity index is 0.842. The average Bonchev–Trinajstić information content (AvgIpc) is 3.93. The minimum Gasteiger partial charge on any atom is -0.497 e. The van der Waals surface area contributed by atoms with Crippen LogP contribution in [0.4, 0.5) is 17.1 Å². The second-order valence-electron chi connectivity index (χ2n) is 17.8. The van der Waals surface area contributed by atoms with Crippen molar-refractivity contribution in [1.29, 1.82) is 0 Å². The minimum atomic E-state index is -0.651. The monoisotopic (exact) mass is 1050 g/mol. The molecule has 0 spiro atoms. The summed E-state index contributed by atoms with van der Waals surface area (Å²) in [6.45, 7) is 7.98. The molecule has 0 unspecified atom stereocenters. The number of ether oxygens (including phenoxy) is 4. The number of nitrogens with one attached hydrogen (secondary N) is 2. The molecule has 4 aromatic rings. The van der Waals surface area contributed by atoms with Gasteiger partial charge in [0.25, 0.3) is 11.8 Å². The number of amides is 4. The third-order valence-corrected chi connectivity index (χ3v) is 13.3. The lowest BCUT2D eigenvalue weighted by Gasteiger charge is -2.22. The molecular weight excluding hydrogens is 992 g/mol. The van der Waals surface area contributed by atoms with Crippen LogP contribution in [0.5, 0.6) is 23.0 Å². The molecule has 4 aromatic carbocycles. The summed E-state index contributed by atoms with van der Waals surface area (Å²) in [4.78, 5) is 78.7. The molecule has 4 atom stereocenters. The van der Waals surface area contributed by atoms with Crippen molar-refractivity contribution in [2.75, 3.05) is 37.2 Å². The number of alkyl halides is 1. The Morgan fingerprint density at radius 2 is 1.29 bits per heavy atom. The first-order valence-corrected chi connectivity index (χ1v) is 24.5. The van der Waals surface area contributed by atoms with Gasteiger partial charge in [0.2, 0.25) is 11.8 Å². The average molecular weight is 1050 g/mol. The second kappa shape index (κ2) is 21.2. The van der Waals surface area contributed by atoms with Gasteiger partial charge in [-0.25, -0.2) is 0 Å². The molecule has 8 rings (SSSR count). The van der Waals surface area contributed by atoms with Crippen molar-refractivity contribution in [1.82, 2.24) is 15.1 Å². The SMILES string of the molecule is COc1ccc(C2=CN3C(=O)c4cc(C)c(OCCCOc5cc6c(cc5OC)C(=O)N5C=C(c7ccc(NC(=O)[C@H](C)CC(=O)[C@@H](NC(=O)CI)C(C)C)cc7)C[C@H]5C=N6)cc4N=C[C@@H]3C2)cc1. The summed E-state index contributed by atoms with van der Waals surface area (Å²) < 4.78 is 23.6. The van der Waals surface area contributed by atoms with Gasteiger partial charge in [0, 0.05) is 74.3 Å². The molecule has 358 valence electrons. The van der Waals surface area contributed by atoms with Crippen LogP contribution in [0.3, 0.4) is 0 Å². The fourth-order valence-corrected chi connectivity index (χ4v) is 8.99. The van der Waals surface area contributed by atoms with E-state index in [-0.39, 0.29) is 58.3 Å². The van der Waals surface area contributed by atoms with Crippen molar-refractivity contribution in [2.24, 2.45) is 21.8 Å². The summed E-state index contributed by atoms with van der Waals surface area (Å²) in [6, 6.07) is 21.1. The van der Waals surface area contributed by atoms with Crippen LogP contribution >= 0.6 is 22.6 Å². The van der Waals surface area contributed by atoms with Crippen LogP contribution in [-0.4, -0.2) is 102 Å². The Labute approximate surface area is 415 Å². The number of ketones is 1. The molecule has 0 aromatic heterocycles. The molecule has 2 N–H and O–H groups in total. The number of halogens is 1. The number of Topliss-reactive ketones (excluding diaryl/α,β-unsaturated/α-hetero) is 1. The minimum absolute atomic E-state index is 0.0000305. The van der Waals surface area contributed by atoms with Gasteiger partial charge in [0.05, 0.1) is 72.5 Å². The van der Waals surface area contributed by atoms with Crippen molar-refractivity contribution in [2.45, 2.75) is 71.5 Å². The summed E-state index contributed by atoms with van der Waals surface area (Å²) in [5.74, 6) is 0.529. The van der Waals surface area contributed by atoms with Crippen molar-refractivity contribution in [3.8, 4) is 23.0 Å². The number of aryl methyl sites for hydroxylation is 1. The van der Waals surface area contributed by atoms with Gasteiger partial charge < -0.3 is 39.4 Å². The van der Waals surface area contributed by atoms with E-state index in [1.165, 1.54) is 7.11 Å². The number of methoxy groups -OCH3 is 2. The van der Waals surface area contributed by atoms with E-state index in [2.05, 4.69) is 10.6 Å². The Morgan fingerprint density at radius 1 is 0.739 bits per heavy atom. The summed E-state index contributed by atoms with van der Waals surface area (Å²) in [5.41, 5.74) is 7.25. The highest BCUT2D eigenvalue weighted by molar-refractivity contribution is 14.1. The third kappa shape index (κ3) is 10.8. The maximum absolute atomic E-state index is 14.0. The van der Waals surface area contributed by atoms with Gasteiger partial charge in [-0.1, -0.05) is 67.6 Å². The molecule has 0 bridgehead atoms. The van der Waals surface area contributed by atoms with Crippen molar-refractivity contribution >= 4 is 92.6 Å². The molecular formula is C53H55IN6O9. The first-order valence-electron chi connectivity index (χ1n) is 23.0. The summed E-state index contributed by atoms with van der Waals surface area (Å²) in [6.07, 6.45) is 9.09. The van der Waals surface area contributed by atoms with E-state index in [9.17, 15) is 24.0 Å². The van der Waals surface area contributed by atoms with Gasteiger partial charge in [-0.3, -0.25) is 34.0 Å². The lowest BCUT2D eigenvalue weighted by Crippen LogP contribution is -2.45. The number of nitrogens with zero attached hydrogens (tertiary/aromatic N) is 4. The zero-order valence-electron chi connectivity index (χ0n) is 39.4. The lowest BCUT2D eigenvalue weighted by molar-refractivity contribution is -0.130. The zero-order valence-corrected chi connectivity index (χ0v) is 41.6. The van der Waals surface area contributed by atoms with E-state index in [0.717, 1.165) is 33.6 Å². The number of hydrogen-bond acceptors (Lipinski definition) is 11. The molecule has 0 saturated carbocycles. The van der Waals surface area contributed by atoms with Crippen LogP contribution in [0.25, 0.3) is 11.1 Å². The summed E-state index contributed by atoms with van der Waals surface area (Å²) in [5, 5.41) is 5.67. The standard InChI is InChI=1S/C53H55IN6O9/c1-30(2)50(58-49(62)25-54)45(61)19-32(4)51(63)57-37-12-8-33(9-13-37)35-20-39-27-56-44-24-48(47(67-6)22-42(44)53(65)60(39)28-35)69-17-7-16-68-46-23-43-41(18-31(46)3)52(64)59-29-36(21-38(59)26-55-43)34-10-14-40(66-5)15-11-34/h8-15,18,22-24,26-30,32,38-39,50H,7,16-17,19-21,25H2,1-6H3,(H,57,63)(H,58,62)/t32-,38+,39+,50+/m1/s1. The van der Waals surface area contributed by atoms with Crippen LogP contribution in [0.2, 0.25) is 0 Å². The quantitative estimate of drug-likeness (QED) is 0.0560. The highest BCUT2D eigenvalue weighted by Crippen LogP contribution is 2.41. The number of carbonyl (C=O) groups excluding carboxylic acids is 5. The summed E-state index contributed by atoms with van der Waals surface area (Å²) in [7, 11) is 3.16. The van der Waals surface area contributed by atoms with Crippen molar-refractivity contribution in [3.05, 3.63) is 113 Å². The van der Waals surface area contributed by atoms with Crippen LogP contribution in [0.15, 0.2) is 95.2 Å². The van der Waals surface area contributed by atoms with Gasteiger partial charge in [0.1, 0.15) is 11.5 Å². The molecule has 15 nitrogen and oxygen atoms in total. The molecule has 4 aliphatic heterocycles. The fraction of sp³-hybridized carbons (Fsp3) is 0.340. The largest absolute Gasteiger partial charge is 0.497 e. The molecule has 0 fully saturated rings. The Bertz CT molecular complexity index is 2780. The number of hydrogen-bond donors (Lipinski definition) is 2. The van der Waals surface area contributed by atoms with Crippen LogP contribution in [0.1, 0.15) is 83.9 Å². The molecule has 0 radical (unpaired) electrons. The number of carbonyl (C=O) groups is 5. The van der Waals surface area contributed by atoms with E-state index < -0.39 is 12.0 Å². The fourth-order valence-electron chi connectivity index (χ4n) is 8.77. The second-order valence-corrected chi connectivity index (χ2v) is 18.6. The zero-order chi connectivity index (χ0) is 48.9. The molecule has 69 heavy (non-hydrogen) atoms. The van der Waals surface area contributed by atoms with Crippen LogP contribution < -0.4 is 29.6 Å². The lowest BCUT2D eigenvalue weighted by atomic mass is 9.93. The normalized spacial score (nSPS) is 17.6. The molecule has 4 amide bonds. The predicted molar refractivity (Wildman–Crippen MR) is 274 cm³/mol. The Hall–Kier alpha value is -6.82. The number of rotatable bonds is 18. The predicted octanol–water partition coefficient (Wildman–Crippen LogP) is 8.91. The number of aliphatic imine (C=N–C) groups is 2. The van der Waals surface area contributed by atoms with Crippen LogP contribution in [0, 0.1) is 18.8 Å². The number of anilines is 1. The topological polar surface area (TPSA) is 178 Å². The number of benzene rings is 4. The summed E-state index contributed by atoms with van der Waals surface area (Å²) >= 11 is 1.95. The maximum Gasteiger partial charge on any atom is 0.260 e. The van der Waals surface area contributed by atoms with Gasteiger partial charge in [-0.2, -0.15) is 0 Å². The third-order valence-electron chi connectivity index (χ3n) is 12.6. The molecule has 0 aliphatic carbocycles. The highest BCUT2D eigenvalue weighted by atomic mass is 127. The first kappa shape index (κ1) is 48.6. The maximum atomic E-state index is 14.0. The van der Waals surface area contributed by atoms with Gasteiger partial charge in [-0.05, 0) is 77.1 Å².